The molecule has 1 aliphatic heterocycles. The molecule has 6 N–H and O–H groups in total. The average molecular weight is 455 g/mol. The summed E-state index contributed by atoms with van der Waals surface area (Å²) in [6, 6.07) is -3.45. The van der Waals surface area contributed by atoms with Crippen LogP contribution in [0.3, 0.4) is 0 Å². The number of hydrogen-bond acceptors (Lipinski definition) is 7. The number of nitrogens with zero attached hydrogens (tertiary/aromatic N) is 1. The summed E-state index contributed by atoms with van der Waals surface area (Å²) in [5.41, 5.74) is 0.552. The van der Waals surface area contributed by atoms with Crippen molar-refractivity contribution in [1.82, 2.24) is 31.2 Å². The Morgan fingerprint density at radius 1 is 1.19 bits per heavy atom. The minimum Gasteiger partial charge on any atom is -0.480 e. The first-order valence-electron chi connectivity index (χ1n) is 10.2. The van der Waals surface area contributed by atoms with Crippen molar-refractivity contribution in [2.24, 2.45) is 5.92 Å². The van der Waals surface area contributed by atoms with Crippen molar-refractivity contribution >= 4 is 36.3 Å². The van der Waals surface area contributed by atoms with E-state index in [2.05, 4.69) is 43.9 Å². The molecule has 4 unspecified atom stereocenters. The highest BCUT2D eigenvalue weighted by Gasteiger charge is 2.32. The molecule has 4 atom stereocenters. The highest BCUT2D eigenvalue weighted by Crippen LogP contribution is 2.08. The molecule has 0 aromatic carbocycles. The first-order valence-corrected chi connectivity index (χ1v) is 10.8. The van der Waals surface area contributed by atoms with Crippen LogP contribution in [0, 0.1) is 5.92 Å². The Hall–Kier alpha value is -2.60. The van der Waals surface area contributed by atoms with Crippen LogP contribution in [0.25, 0.3) is 0 Å². The van der Waals surface area contributed by atoms with Gasteiger partial charge in [0.1, 0.15) is 18.1 Å². The second-order valence-corrected chi connectivity index (χ2v) is 8.17. The molecule has 0 saturated carbocycles. The fourth-order valence-corrected chi connectivity index (χ4v) is 3.50. The maximum absolute atomic E-state index is 12.8. The number of aliphatic carboxylic acids is 1. The van der Waals surface area contributed by atoms with E-state index in [9.17, 15) is 24.3 Å². The zero-order valence-corrected chi connectivity index (χ0v) is 18.4. The monoisotopic (exact) mass is 454 g/mol. The Kier molecular flexibility index (Phi) is 9.31. The number of H-pyrrole nitrogens is 1. The van der Waals surface area contributed by atoms with E-state index < -0.39 is 35.9 Å². The van der Waals surface area contributed by atoms with Gasteiger partial charge < -0.3 is 31.4 Å². The molecule has 2 heterocycles. The SMILES string of the molecule is CC(C)C(NC(=O)C(CS)NC(=O)C1CCCN1)C(=O)NC(Cc1cnc[nH]1)C(=O)O. The lowest BCUT2D eigenvalue weighted by Crippen LogP contribution is -2.59. The summed E-state index contributed by atoms with van der Waals surface area (Å²) in [7, 11) is 0. The molecule has 172 valence electrons. The van der Waals surface area contributed by atoms with Crippen LogP contribution in [-0.4, -0.2) is 75.2 Å². The van der Waals surface area contributed by atoms with Crippen LogP contribution < -0.4 is 21.3 Å². The molecule has 1 aromatic heterocycles. The first-order chi connectivity index (χ1) is 14.7. The van der Waals surface area contributed by atoms with E-state index in [1.54, 1.807) is 13.8 Å². The standard InChI is InChI=1S/C19H30N6O5S/c1-10(2)15(18(28)23-13(19(29)30)6-11-7-20-9-22-11)25-17(27)14(8-31)24-16(26)12-4-3-5-21-12/h7,9-10,12-15,21,31H,3-6,8H2,1-2H3,(H,20,22)(H,23,28)(H,24,26)(H,25,27)(H,29,30). The van der Waals surface area contributed by atoms with Gasteiger partial charge in [-0.1, -0.05) is 13.8 Å². The summed E-state index contributed by atoms with van der Waals surface area (Å²) in [6.07, 6.45) is 4.48. The number of nitrogens with one attached hydrogen (secondary N) is 5. The van der Waals surface area contributed by atoms with Crippen LogP contribution in [0.5, 0.6) is 0 Å². The van der Waals surface area contributed by atoms with Gasteiger partial charge in [0.25, 0.3) is 0 Å². The quantitative estimate of drug-likeness (QED) is 0.207. The van der Waals surface area contributed by atoms with Gasteiger partial charge in [0, 0.05) is 24.1 Å². The largest absolute Gasteiger partial charge is 0.480 e. The lowest BCUT2D eigenvalue weighted by Gasteiger charge is -2.26. The van der Waals surface area contributed by atoms with E-state index in [1.807, 2.05) is 0 Å². The van der Waals surface area contributed by atoms with Crippen LogP contribution in [-0.2, 0) is 25.6 Å². The van der Waals surface area contributed by atoms with Crippen molar-refractivity contribution in [1.29, 1.82) is 0 Å². The van der Waals surface area contributed by atoms with Crippen LogP contribution in [0.2, 0.25) is 0 Å². The van der Waals surface area contributed by atoms with Gasteiger partial charge in [-0.2, -0.15) is 12.6 Å². The Labute approximate surface area is 185 Å². The third-order valence-corrected chi connectivity index (χ3v) is 5.40. The molecule has 31 heavy (non-hydrogen) atoms. The molecule has 1 aromatic rings. The van der Waals surface area contributed by atoms with E-state index >= 15 is 0 Å². The van der Waals surface area contributed by atoms with Gasteiger partial charge in [-0.25, -0.2) is 9.78 Å². The fourth-order valence-electron chi connectivity index (χ4n) is 3.24. The van der Waals surface area contributed by atoms with E-state index in [-0.39, 0.29) is 30.0 Å². The van der Waals surface area contributed by atoms with Gasteiger partial charge in [-0.3, -0.25) is 14.4 Å². The highest BCUT2D eigenvalue weighted by atomic mass is 32.1. The lowest BCUT2D eigenvalue weighted by atomic mass is 10.0. The van der Waals surface area contributed by atoms with Crippen LogP contribution >= 0.6 is 12.6 Å². The van der Waals surface area contributed by atoms with E-state index in [4.69, 9.17) is 0 Å². The summed E-state index contributed by atoms with van der Waals surface area (Å²) >= 11 is 4.15. The number of carbonyl (C=O) groups is 4. The smallest absolute Gasteiger partial charge is 0.326 e. The fraction of sp³-hybridized carbons (Fsp3) is 0.632. The predicted molar refractivity (Wildman–Crippen MR) is 115 cm³/mol. The summed E-state index contributed by atoms with van der Waals surface area (Å²) in [6.45, 7) is 4.20. The second-order valence-electron chi connectivity index (χ2n) is 7.80. The van der Waals surface area contributed by atoms with Gasteiger partial charge in [0.15, 0.2) is 0 Å². The molecule has 0 bridgehead atoms. The van der Waals surface area contributed by atoms with Crippen molar-refractivity contribution in [3.63, 3.8) is 0 Å². The molecule has 2 rings (SSSR count). The van der Waals surface area contributed by atoms with Gasteiger partial charge in [0.05, 0.1) is 12.4 Å². The summed E-state index contributed by atoms with van der Waals surface area (Å²) in [5, 5.41) is 20.2. The number of carboxylic acids is 1. The van der Waals surface area contributed by atoms with Gasteiger partial charge in [0.2, 0.25) is 17.7 Å². The maximum Gasteiger partial charge on any atom is 0.326 e. The summed E-state index contributed by atoms with van der Waals surface area (Å²) < 4.78 is 0. The van der Waals surface area contributed by atoms with Crippen molar-refractivity contribution in [3.8, 4) is 0 Å². The topological polar surface area (TPSA) is 165 Å². The zero-order valence-electron chi connectivity index (χ0n) is 17.6. The Balaban J connectivity index is 2.00. The second kappa shape index (κ2) is 11.7. The first kappa shape index (κ1) is 24.7. The molecule has 1 saturated heterocycles. The maximum atomic E-state index is 12.8. The molecule has 0 aliphatic carbocycles. The third kappa shape index (κ3) is 7.24. The molecule has 11 nitrogen and oxygen atoms in total. The van der Waals surface area contributed by atoms with E-state index in [1.165, 1.54) is 12.5 Å². The molecule has 12 heteroatoms. The van der Waals surface area contributed by atoms with Crippen molar-refractivity contribution < 1.29 is 24.3 Å². The Morgan fingerprint density at radius 2 is 1.94 bits per heavy atom. The molecule has 1 aliphatic rings. The number of thiol groups is 1. The zero-order chi connectivity index (χ0) is 23.0. The average Bonchev–Trinajstić information content (AvgIpc) is 3.42. The number of imidazole rings is 1. The molecular formula is C19H30N6O5S. The summed E-state index contributed by atoms with van der Waals surface area (Å²) in [5.74, 6) is -2.95. The highest BCUT2D eigenvalue weighted by molar-refractivity contribution is 7.80. The number of rotatable bonds is 11. The number of aromatic amines is 1. The minimum atomic E-state index is -1.21. The van der Waals surface area contributed by atoms with Gasteiger partial charge in [-0.05, 0) is 25.3 Å². The third-order valence-electron chi connectivity index (χ3n) is 5.03. The number of amides is 3. The van der Waals surface area contributed by atoms with Gasteiger partial charge in [-0.15, -0.1) is 0 Å². The van der Waals surface area contributed by atoms with Crippen LogP contribution in [0.4, 0.5) is 0 Å². The number of hydrogen-bond donors (Lipinski definition) is 7. The van der Waals surface area contributed by atoms with E-state index in [0.29, 0.717) is 12.1 Å². The molecular weight excluding hydrogens is 424 g/mol. The number of carboxylic acid groups (broad SMARTS) is 1. The van der Waals surface area contributed by atoms with Crippen molar-refractivity contribution in [2.45, 2.75) is 57.3 Å². The van der Waals surface area contributed by atoms with Gasteiger partial charge >= 0.3 is 5.97 Å². The van der Waals surface area contributed by atoms with Crippen molar-refractivity contribution in [3.05, 3.63) is 18.2 Å². The molecule has 1 fully saturated rings. The predicted octanol–water partition coefficient (Wildman–Crippen LogP) is -1.17. The number of aromatic nitrogens is 2. The van der Waals surface area contributed by atoms with Crippen LogP contribution in [0.1, 0.15) is 32.4 Å². The molecule has 0 spiro atoms. The van der Waals surface area contributed by atoms with Crippen LogP contribution in [0.15, 0.2) is 12.5 Å². The minimum absolute atomic E-state index is 0.0174. The van der Waals surface area contributed by atoms with Crippen molar-refractivity contribution in [2.75, 3.05) is 12.3 Å². The summed E-state index contributed by atoms with van der Waals surface area (Å²) in [4.78, 5) is 56.0. The lowest BCUT2D eigenvalue weighted by molar-refractivity contribution is -0.142. The molecule has 3 amide bonds. The normalized spacial score (nSPS) is 18.8. The molecule has 0 radical (unpaired) electrons. The number of carbonyl (C=O) groups excluding carboxylic acids is 3. The Bertz CT molecular complexity index is 766. The van der Waals surface area contributed by atoms with E-state index in [0.717, 1.165) is 13.0 Å². The Morgan fingerprint density at radius 3 is 2.45 bits per heavy atom.